The molecular weight excluding hydrogens is 428 g/mol. The van der Waals surface area contributed by atoms with Gasteiger partial charge in [-0.3, -0.25) is 4.79 Å². The number of nitrogens with zero attached hydrogens (tertiary/aromatic N) is 1. The molecule has 2 aromatic carbocycles. The summed E-state index contributed by atoms with van der Waals surface area (Å²) in [5.41, 5.74) is 3.00. The van der Waals surface area contributed by atoms with E-state index in [1.54, 1.807) is 18.2 Å². The van der Waals surface area contributed by atoms with Crippen LogP contribution in [-0.2, 0) is 32.4 Å². The molecule has 1 atom stereocenters. The minimum absolute atomic E-state index is 0.0967. The summed E-state index contributed by atoms with van der Waals surface area (Å²) in [6.45, 7) is 5.51. The van der Waals surface area contributed by atoms with E-state index in [0.29, 0.717) is 44.0 Å². The standard InChI is InChI=1S/C24H32N2O5S/c1-4-19-5-7-20(8-6-19)18(2)25-24(27)12-9-21-17-22(10-11-23(21)30-3)32(28,29)26-13-15-31-16-14-26/h5-8,10-11,17-18H,4,9,12-16H2,1-3H3,(H,25,27)/t18-/m0/s1. The van der Waals surface area contributed by atoms with Gasteiger partial charge in [-0.25, -0.2) is 8.42 Å². The molecule has 1 fully saturated rings. The van der Waals surface area contributed by atoms with Gasteiger partial charge in [-0.2, -0.15) is 4.31 Å². The van der Waals surface area contributed by atoms with Crippen molar-refractivity contribution in [3.63, 3.8) is 0 Å². The first-order valence-corrected chi connectivity index (χ1v) is 12.4. The summed E-state index contributed by atoms with van der Waals surface area (Å²) < 4.78 is 38.0. The minimum atomic E-state index is -3.61. The first-order chi connectivity index (χ1) is 15.3. The van der Waals surface area contributed by atoms with Crippen LogP contribution in [-0.4, -0.2) is 52.0 Å². The second-order valence-corrected chi connectivity index (χ2v) is 9.81. The molecule has 1 N–H and O–H groups in total. The fourth-order valence-electron chi connectivity index (χ4n) is 3.73. The van der Waals surface area contributed by atoms with Gasteiger partial charge >= 0.3 is 0 Å². The first-order valence-electron chi connectivity index (χ1n) is 11.0. The molecular formula is C24H32N2O5S. The number of hydrogen-bond donors (Lipinski definition) is 1. The number of aryl methyl sites for hydroxylation is 2. The van der Waals surface area contributed by atoms with Crippen molar-refractivity contribution in [2.75, 3.05) is 33.4 Å². The van der Waals surface area contributed by atoms with Crippen LogP contribution >= 0.6 is 0 Å². The van der Waals surface area contributed by atoms with Crippen molar-refractivity contribution in [2.24, 2.45) is 0 Å². The highest BCUT2D eigenvalue weighted by Gasteiger charge is 2.27. The van der Waals surface area contributed by atoms with Gasteiger partial charge in [-0.1, -0.05) is 31.2 Å². The van der Waals surface area contributed by atoms with Gasteiger partial charge in [-0.15, -0.1) is 0 Å². The molecule has 1 saturated heterocycles. The van der Waals surface area contributed by atoms with Crippen LogP contribution in [0.4, 0.5) is 0 Å². The lowest BCUT2D eigenvalue weighted by molar-refractivity contribution is -0.121. The largest absolute Gasteiger partial charge is 0.496 e. The van der Waals surface area contributed by atoms with E-state index in [4.69, 9.17) is 9.47 Å². The van der Waals surface area contributed by atoms with Crippen molar-refractivity contribution in [1.29, 1.82) is 0 Å². The molecule has 8 heteroatoms. The molecule has 174 valence electrons. The van der Waals surface area contributed by atoms with Crippen LogP contribution in [0.5, 0.6) is 5.75 Å². The molecule has 1 aliphatic rings. The zero-order valence-electron chi connectivity index (χ0n) is 19.0. The quantitative estimate of drug-likeness (QED) is 0.622. The number of nitrogens with one attached hydrogen (secondary N) is 1. The molecule has 1 heterocycles. The normalized spacial score (nSPS) is 15.8. The molecule has 32 heavy (non-hydrogen) atoms. The highest BCUT2D eigenvalue weighted by atomic mass is 32.2. The third-order valence-electron chi connectivity index (χ3n) is 5.75. The maximum atomic E-state index is 13.0. The van der Waals surface area contributed by atoms with Gasteiger partial charge in [0.15, 0.2) is 0 Å². The number of rotatable bonds is 9. The van der Waals surface area contributed by atoms with Crippen LogP contribution in [0.25, 0.3) is 0 Å². The van der Waals surface area contributed by atoms with Crippen LogP contribution in [0.1, 0.15) is 43.0 Å². The molecule has 0 saturated carbocycles. The van der Waals surface area contributed by atoms with Gasteiger partial charge in [0.2, 0.25) is 15.9 Å². The van der Waals surface area contributed by atoms with E-state index in [0.717, 1.165) is 12.0 Å². The number of amides is 1. The van der Waals surface area contributed by atoms with Crippen molar-refractivity contribution in [1.82, 2.24) is 9.62 Å². The van der Waals surface area contributed by atoms with Crippen LogP contribution in [0.2, 0.25) is 0 Å². The highest BCUT2D eigenvalue weighted by molar-refractivity contribution is 7.89. The van der Waals surface area contributed by atoms with Gasteiger partial charge in [0.1, 0.15) is 5.75 Å². The summed E-state index contributed by atoms with van der Waals surface area (Å²) >= 11 is 0. The van der Waals surface area contributed by atoms with Crippen molar-refractivity contribution < 1.29 is 22.7 Å². The van der Waals surface area contributed by atoms with Crippen LogP contribution in [0.15, 0.2) is 47.4 Å². The number of hydrogen-bond acceptors (Lipinski definition) is 5. The SMILES string of the molecule is CCc1ccc([C@H](C)NC(=O)CCc2cc(S(=O)(=O)N3CCOCC3)ccc2OC)cc1. The van der Waals surface area contributed by atoms with Gasteiger partial charge in [0.25, 0.3) is 0 Å². The van der Waals surface area contributed by atoms with E-state index < -0.39 is 10.0 Å². The Kier molecular flexibility index (Phi) is 8.28. The van der Waals surface area contributed by atoms with Gasteiger partial charge in [0.05, 0.1) is 31.3 Å². The van der Waals surface area contributed by atoms with Gasteiger partial charge in [0, 0.05) is 19.5 Å². The lowest BCUT2D eigenvalue weighted by Gasteiger charge is -2.26. The highest BCUT2D eigenvalue weighted by Crippen LogP contribution is 2.26. The predicted molar refractivity (Wildman–Crippen MR) is 123 cm³/mol. The lowest BCUT2D eigenvalue weighted by atomic mass is 10.0. The van der Waals surface area contributed by atoms with E-state index >= 15 is 0 Å². The minimum Gasteiger partial charge on any atom is -0.496 e. The first kappa shape index (κ1) is 24.2. The molecule has 1 aliphatic heterocycles. The number of carbonyl (C=O) groups excluding carboxylic acids is 1. The number of benzene rings is 2. The van der Waals surface area contributed by atoms with Crippen LogP contribution < -0.4 is 10.1 Å². The smallest absolute Gasteiger partial charge is 0.243 e. The summed E-state index contributed by atoms with van der Waals surface area (Å²) in [6, 6.07) is 12.9. The molecule has 2 aromatic rings. The Balaban J connectivity index is 1.66. The van der Waals surface area contributed by atoms with Crippen molar-refractivity contribution in [3.8, 4) is 5.75 Å². The van der Waals surface area contributed by atoms with E-state index in [2.05, 4.69) is 24.4 Å². The molecule has 1 amide bonds. The van der Waals surface area contributed by atoms with Crippen LogP contribution in [0.3, 0.4) is 0 Å². The summed E-state index contributed by atoms with van der Waals surface area (Å²) in [7, 11) is -2.07. The van der Waals surface area contributed by atoms with E-state index in [9.17, 15) is 13.2 Å². The Hall–Kier alpha value is -2.42. The van der Waals surface area contributed by atoms with Gasteiger partial charge in [-0.05, 0) is 54.7 Å². The second-order valence-electron chi connectivity index (χ2n) is 7.87. The Morgan fingerprint density at radius 1 is 1.16 bits per heavy atom. The Morgan fingerprint density at radius 3 is 2.47 bits per heavy atom. The second kappa shape index (κ2) is 10.9. The summed E-state index contributed by atoms with van der Waals surface area (Å²) in [5, 5.41) is 3.02. The Labute approximate surface area is 190 Å². The molecule has 7 nitrogen and oxygen atoms in total. The van der Waals surface area contributed by atoms with E-state index in [1.165, 1.54) is 17.0 Å². The zero-order valence-corrected chi connectivity index (χ0v) is 19.8. The molecule has 0 aromatic heterocycles. The maximum absolute atomic E-state index is 13.0. The zero-order chi connectivity index (χ0) is 23.1. The fourth-order valence-corrected chi connectivity index (χ4v) is 5.19. The summed E-state index contributed by atoms with van der Waals surface area (Å²) in [4.78, 5) is 12.8. The average Bonchev–Trinajstić information content (AvgIpc) is 2.83. The maximum Gasteiger partial charge on any atom is 0.243 e. The van der Waals surface area contributed by atoms with Crippen molar-refractivity contribution in [2.45, 2.75) is 44.0 Å². The number of sulfonamides is 1. The fraction of sp³-hybridized carbons (Fsp3) is 0.458. The Morgan fingerprint density at radius 2 is 1.84 bits per heavy atom. The summed E-state index contributed by atoms with van der Waals surface area (Å²) in [5.74, 6) is 0.475. The monoisotopic (exact) mass is 460 g/mol. The number of morpholine rings is 1. The predicted octanol–water partition coefficient (Wildman–Crippen LogP) is 3.09. The van der Waals surface area contributed by atoms with E-state index in [-0.39, 0.29) is 23.3 Å². The topological polar surface area (TPSA) is 84.9 Å². The van der Waals surface area contributed by atoms with Crippen molar-refractivity contribution in [3.05, 3.63) is 59.2 Å². The lowest BCUT2D eigenvalue weighted by Crippen LogP contribution is -2.40. The third kappa shape index (κ3) is 5.88. The van der Waals surface area contributed by atoms with E-state index in [1.807, 2.05) is 19.1 Å². The molecule has 0 bridgehead atoms. The molecule has 0 spiro atoms. The molecule has 0 aliphatic carbocycles. The average molecular weight is 461 g/mol. The van der Waals surface area contributed by atoms with Crippen LogP contribution in [0, 0.1) is 0 Å². The Bertz CT molecular complexity index is 1020. The number of carbonyl (C=O) groups is 1. The van der Waals surface area contributed by atoms with Crippen molar-refractivity contribution >= 4 is 15.9 Å². The number of ether oxygens (including phenoxy) is 2. The van der Waals surface area contributed by atoms with Gasteiger partial charge < -0.3 is 14.8 Å². The summed E-state index contributed by atoms with van der Waals surface area (Å²) in [6.07, 6.45) is 1.58. The molecule has 3 rings (SSSR count). The molecule has 0 radical (unpaired) electrons. The molecule has 0 unspecified atom stereocenters. The number of methoxy groups -OCH3 is 1. The third-order valence-corrected chi connectivity index (χ3v) is 7.64.